The highest BCUT2D eigenvalue weighted by atomic mass is 16.5. The van der Waals surface area contributed by atoms with Crippen molar-refractivity contribution in [1.29, 1.82) is 0 Å². The first-order valence-electron chi connectivity index (χ1n) is 6.86. The second-order valence-corrected chi connectivity index (χ2v) is 6.10. The van der Waals surface area contributed by atoms with E-state index < -0.39 is 17.9 Å². The number of ether oxygens (including phenoxy) is 1. The zero-order valence-corrected chi connectivity index (χ0v) is 13.1. The van der Waals surface area contributed by atoms with Gasteiger partial charge in [-0.2, -0.15) is 0 Å². The summed E-state index contributed by atoms with van der Waals surface area (Å²) in [6.07, 6.45) is 0. The SMILES string of the molecule is Cc1cccc(C(C)(C)C)c1OCC(=O)N[C@H](C)C(=O)[O-]. The average molecular weight is 292 g/mol. The Balaban J connectivity index is 2.80. The van der Waals surface area contributed by atoms with Crippen molar-refractivity contribution in [2.45, 2.75) is 46.1 Å². The molecular weight excluding hydrogens is 270 g/mol. The first kappa shape index (κ1) is 17.0. The Bertz CT molecular complexity index is 532. The van der Waals surface area contributed by atoms with Crippen molar-refractivity contribution in [3.8, 4) is 5.75 Å². The lowest BCUT2D eigenvalue weighted by Gasteiger charge is -2.24. The summed E-state index contributed by atoms with van der Waals surface area (Å²) >= 11 is 0. The summed E-state index contributed by atoms with van der Waals surface area (Å²) in [4.78, 5) is 22.3. The number of hydrogen-bond donors (Lipinski definition) is 1. The third-order valence-corrected chi connectivity index (χ3v) is 3.10. The minimum absolute atomic E-state index is 0.115. The van der Waals surface area contributed by atoms with E-state index in [0.29, 0.717) is 5.75 Å². The van der Waals surface area contributed by atoms with Gasteiger partial charge in [-0.1, -0.05) is 39.0 Å². The Morgan fingerprint density at radius 2 is 1.95 bits per heavy atom. The van der Waals surface area contributed by atoms with Gasteiger partial charge in [-0.3, -0.25) is 4.79 Å². The molecule has 1 aromatic rings. The maximum absolute atomic E-state index is 11.7. The van der Waals surface area contributed by atoms with Gasteiger partial charge in [0.25, 0.3) is 5.91 Å². The highest BCUT2D eigenvalue weighted by molar-refractivity contribution is 5.83. The van der Waals surface area contributed by atoms with Crippen LogP contribution in [-0.4, -0.2) is 24.5 Å². The molecule has 1 aromatic carbocycles. The van der Waals surface area contributed by atoms with Crippen LogP contribution in [0, 0.1) is 6.92 Å². The van der Waals surface area contributed by atoms with Crippen LogP contribution in [0.4, 0.5) is 0 Å². The van der Waals surface area contributed by atoms with Gasteiger partial charge < -0.3 is 20.0 Å². The normalized spacial score (nSPS) is 12.6. The van der Waals surface area contributed by atoms with Gasteiger partial charge in [0.2, 0.25) is 0 Å². The summed E-state index contributed by atoms with van der Waals surface area (Å²) < 4.78 is 5.61. The van der Waals surface area contributed by atoms with Crippen LogP contribution in [0.2, 0.25) is 0 Å². The van der Waals surface area contributed by atoms with Crippen molar-refractivity contribution < 1.29 is 19.4 Å². The van der Waals surface area contributed by atoms with E-state index in [2.05, 4.69) is 26.1 Å². The molecule has 1 amide bonds. The molecule has 0 unspecified atom stereocenters. The van der Waals surface area contributed by atoms with Crippen LogP contribution in [0.1, 0.15) is 38.8 Å². The van der Waals surface area contributed by atoms with Crippen molar-refractivity contribution in [2.24, 2.45) is 0 Å². The number of hydrogen-bond acceptors (Lipinski definition) is 4. The molecule has 1 N–H and O–H groups in total. The molecule has 0 saturated carbocycles. The number of amides is 1. The fourth-order valence-corrected chi connectivity index (χ4v) is 1.91. The number of carbonyl (C=O) groups excluding carboxylic acids is 2. The Morgan fingerprint density at radius 1 is 1.33 bits per heavy atom. The van der Waals surface area contributed by atoms with Crippen LogP contribution in [0.5, 0.6) is 5.75 Å². The Morgan fingerprint density at radius 3 is 2.48 bits per heavy atom. The second-order valence-electron chi connectivity index (χ2n) is 6.10. The Hall–Kier alpha value is -2.04. The summed E-state index contributed by atoms with van der Waals surface area (Å²) in [7, 11) is 0. The van der Waals surface area contributed by atoms with Gasteiger partial charge in [0.05, 0.1) is 12.0 Å². The Kier molecular flexibility index (Phi) is 5.35. The van der Waals surface area contributed by atoms with E-state index in [1.165, 1.54) is 6.92 Å². The van der Waals surface area contributed by atoms with E-state index >= 15 is 0 Å². The third kappa shape index (κ3) is 4.77. The fraction of sp³-hybridized carbons (Fsp3) is 0.500. The highest BCUT2D eigenvalue weighted by Gasteiger charge is 2.20. The van der Waals surface area contributed by atoms with Crippen LogP contribution in [0.15, 0.2) is 18.2 Å². The van der Waals surface area contributed by atoms with Crippen molar-refractivity contribution in [3.05, 3.63) is 29.3 Å². The molecule has 0 heterocycles. The summed E-state index contributed by atoms with van der Waals surface area (Å²) in [5, 5.41) is 12.9. The second kappa shape index (κ2) is 6.61. The Labute approximate surface area is 125 Å². The first-order chi connectivity index (χ1) is 9.62. The zero-order chi connectivity index (χ0) is 16.2. The lowest BCUT2D eigenvalue weighted by atomic mass is 9.85. The van der Waals surface area contributed by atoms with E-state index in [-0.39, 0.29) is 12.0 Å². The molecule has 116 valence electrons. The third-order valence-electron chi connectivity index (χ3n) is 3.10. The van der Waals surface area contributed by atoms with E-state index in [1.807, 2.05) is 25.1 Å². The number of aliphatic carboxylic acids is 1. The largest absolute Gasteiger partial charge is 0.548 e. The summed E-state index contributed by atoms with van der Waals surface area (Å²) in [5.41, 5.74) is 1.82. The molecule has 0 saturated heterocycles. The zero-order valence-electron chi connectivity index (χ0n) is 13.1. The van der Waals surface area contributed by atoms with Crippen molar-refractivity contribution in [3.63, 3.8) is 0 Å². The predicted octanol–water partition coefficient (Wildman–Crippen LogP) is 0.926. The maximum atomic E-state index is 11.7. The number of carboxylic acids is 1. The predicted molar refractivity (Wildman–Crippen MR) is 78.0 cm³/mol. The molecule has 0 aliphatic carbocycles. The molecule has 5 heteroatoms. The summed E-state index contributed by atoms with van der Waals surface area (Å²) in [5.74, 6) is -1.15. The minimum Gasteiger partial charge on any atom is -0.548 e. The van der Waals surface area contributed by atoms with Crippen molar-refractivity contribution in [2.75, 3.05) is 6.61 Å². The average Bonchev–Trinajstić information content (AvgIpc) is 2.35. The lowest BCUT2D eigenvalue weighted by Crippen LogP contribution is -2.47. The maximum Gasteiger partial charge on any atom is 0.258 e. The fourth-order valence-electron chi connectivity index (χ4n) is 1.91. The number of carboxylic acid groups (broad SMARTS) is 1. The highest BCUT2D eigenvalue weighted by Crippen LogP contribution is 2.33. The van der Waals surface area contributed by atoms with Gasteiger partial charge in [-0.15, -0.1) is 0 Å². The van der Waals surface area contributed by atoms with Gasteiger partial charge in [-0.05, 0) is 30.4 Å². The quantitative estimate of drug-likeness (QED) is 0.875. The number of para-hydroxylation sites is 1. The monoisotopic (exact) mass is 292 g/mol. The molecule has 0 radical (unpaired) electrons. The number of nitrogens with one attached hydrogen (secondary N) is 1. The summed E-state index contributed by atoms with van der Waals surface area (Å²) in [6.45, 7) is 9.21. The van der Waals surface area contributed by atoms with Gasteiger partial charge in [0, 0.05) is 0 Å². The first-order valence-corrected chi connectivity index (χ1v) is 6.86. The van der Waals surface area contributed by atoms with Gasteiger partial charge in [0.1, 0.15) is 5.75 Å². The van der Waals surface area contributed by atoms with Gasteiger partial charge in [0.15, 0.2) is 6.61 Å². The molecule has 0 aliphatic heterocycles. The van der Waals surface area contributed by atoms with E-state index in [1.54, 1.807) is 0 Å². The standard InChI is InChI=1S/C16H23NO4/c1-10-7-6-8-12(16(3,4)5)14(10)21-9-13(18)17-11(2)15(19)20/h6-8,11H,9H2,1-5H3,(H,17,18)(H,19,20)/p-1/t11-/m1/s1. The van der Waals surface area contributed by atoms with Crippen LogP contribution >= 0.6 is 0 Å². The number of rotatable bonds is 5. The molecule has 0 aliphatic rings. The molecule has 21 heavy (non-hydrogen) atoms. The van der Waals surface area contributed by atoms with E-state index in [0.717, 1.165) is 11.1 Å². The molecule has 0 spiro atoms. The van der Waals surface area contributed by atoms with Crippen LogP contribution in [0.25, 0.3) is 0 Å². The molecule has 0 aromatic heterocycles. The summed E-state index contributed by atoms with van der Waals surface area (Å²) in [6, 6.07) is 4.78. The molecule has 1 rings (SSSR count). The molecule has 5 nitrogen and oxygen atoms in total. The number of benzene rings is 1. The van der Waals surface area contributed by atoms with Crippen molar-refractivity contribution >= 4 is 11.9 Å². The van der Waals surface area contributed by atoms with Gasteiger partial charge >= 0.3 is 0 Å². The van der Waals surface area contributed by atoms with Gasteiger partial charge in [-0.25, -0.2) is 0 Å². The van der Waals surface area contributed by atoms with Crippen LogP contribution in [-0.2, 0) is 15.0 Å². The number of aryl methyl sites for hydroxylation is 1. The number of carbonyl (C=O) groups is 2. The lowest BCUT2D eigenvalue weighted by molar-refractivity contribution is -0.307. The minimum atomic E-state index is -1.32. The van der Waals surface area contributed by atoms with E-state index in [4.69, 9.17) is 4.74 Å². The van der Waals surface area contributed by atoms with Crippen molar-refractivity contribution in [1.82, 2.24) is 5.32 Å². The smallest absolute Gasteiger partial charge is 0.258 e. The van der Waals surface area contributed by atoms with Crippen LogP contribution in [0.3, 0.4) is 0 Å². The molecular formula is C16H22NO4-. The topological polar surface area (TPSA) is 78.5 Å². The van der Waals surface area contributed by atoms with Crippen LogP contribution < -0.4 is 15.2 Å². The molecule has 1 atom stereocenters. The molecule has 0 bridgehead atoms. The molecule has 0 fully saturated rings. The van der Waals surface area contributed by atoms with E-state index in [9.17, 15) is 14.7 Å².